The Morgan fingerprint density at radius 2 is 0.590 bits per heavy atom. The SMILES string of the molecule is CCCCC/C=C\C/C=C\CCCCCCCC(=O)OC[C@@H](COC(=O)CCCCCCC/C=C\CCCCCCC)OC(=O)CCCCCCC/C=C\CCCCCCC. The zero-order valence-electron chi connectivity index (χ0n) is 40.4. The molecule has 0 N–H and O–H groups in total. The molecule has 0 rings (SSSR count). The number of hydrogen-bond acceptors (Lipinski definition) is 6. The van der Waals surface area contributed by atoms with Crippen molar-refractivity contribution in [1.82, 2.24) is 0 Å². The van der Waals surface area contributed by atoms with Gasteiger partial charge in [0.1, 0.15) is 13.2 Å². The number of carbonyl (C=O) groups is 3. The van der Waals surface area contributed by atoms with Gasteiger partial charge < -0.3 is 14.2 Å². The van der Waals surface area contributed by atoms with Crippen molar-refractivity contribution in [3.05, 3.63) is 48.6 Å². The van der Waals surface area contributed by atoms with Gasteiger partial charge in [-0.05, 0) is 103 Å². The average Bonchev–Trinajstić information content (AvgIpc) is 3.26. The number of ether oxygens (including phenoxy) is 3. The molecule has 0 spiro atoms. The fourth-order valence-corrected chi connectivity index (χ4v) is 7.28. The summed E-state index contributed by atoms with van der Waals surface area (Å²) in [6, 6.07) is 0. The van der Waals surface area contributed by atoms with Crippen molar-refractivity contribution < 1.29 is 28.6 Å². The number of allylic oxidation sites excluding steroid dienone is 8. The lowest BCUT2D eigenvalue weighted by atomic mass is 10.1. The molecule has 0 aromatic rings. The molecule has 1 atom stereocenters. The number of unbranched alkanes of at least 4 members (excludes halogenated alkanes) is 28. The highest BCUT2D eigenvalue weighted by molar-refractivity contribution is 5.71. The summed E-state index contributed by atoms with van der Waals surface area (Å²) in [4.78, 5) is 38.0. The quantitative estimate of drug-likeness (QED) is 0.0263. The zero-order chi connectivity index (χ0) is 44.4. The van der Waals surface area contributed by atoms with Crippen LogP contribution in [0.3, 0.4) is 0 Å². The Morgan fingerprint density at radius 3 is 0.951 bits per heavy atom. The summed E-state index contributed by atoms with van der Waals surface area (Å²) < 4.78 is 16.8. The second-order valence-corrected chi connectivity index (χ2v) is 17.4. The lowest BCUT2D eigenvalue weighted by molar-refractivity contribution is -0.167. The summed E-state index contributed by atoms with van der Waals surface area (Å²) in [7, 11) is 0. The number of rotatable bonds is 47. The lowest BCUT2D eigenvalue weighted by Crippen LogP contribution is -2.30. The number of esters is 3. The topological polar surface area (TPSA) is 78.9 Å². The molecular formula is C55H98O6. The molecule has 0 saturated carbocycles. The summed E-state index contributed by atoms with van der Waals surface area (Å²) in [5.41, 5.74) is 0. The highest BCUT2D eigenvalue weighted by Crippen LogP contribution is 2.14. The molecule has 6 nitrogen and oxygen atoms in total. The van der Waals surface area contributed by atoms with Gasteiger partial charge >= 0.3 is 17.9 Å². The minimum absolute atomic E-state index is 0.0846. The van der Waals surface area contributed by atoms with E-state index in [1.807, 2.05) is 0 Å². The van der Waals surface area contributed by atoms with E-state index < -0.39 is 6.10 Å². The maximum atomic E-state index is 12.8. The average molecular weight is 855 g/mol. The minimum atomic E-state index is -0.784. The predicted molar refractivity (Wildman–Crippen MR) is 261 cm³/mol. The largest absolute Gasteiger partial charge is 0.462 e. The standard InChI is InChI=1S/C55H98O6/c1-4-7-10-13-16-19-22-25-28-31-33-36-39-42-45-48-54(57)60-51-52(61-55(58)49-46-43-40-37-34-30-27-24-21-18-15-12-9-6-3)50-59-53(56)47-44-41-38-35-32-29-26-23-20-17-14-11-8-5-2/h16,19,23-28,52H,4-15,17-18,20-22,29-51H2,1-3H3/b19-16-,26-23-,27-24-,28-25-/t52-/m1/s1. The maximum Gasteiger partial charge on any atom is 0.306 e. The Kier molecular flexibility index (Phi) is 47.9. The van der Waals surface area contributed by atoms with Crippen LogP contribution in [0, 0.1) is 0 Å². The van der Waals surface area contributed by atoms with E-state index in [0.29, 0.717) is 19.3 Å². The third kappa shape index (κ3) is 48.3. The normalized spacial score (nSPS) is 12.4. The van der Waals surface area contributed by atoms with Crippen molar-refractivity contribution in [3.8, 4) is 0 Å². The van der Waals surface area contributed by atoms with Crippen LogP contribution in [0.25, 0.3) is 0 Å². The third-order valence-electron chi connectivity index (χ3n) is 11.3. The molecule has 0 aliphatic rings. The summed E-state index contributed by atoms with van der Waals surface area (Å²) >= 11 is 0. The third-order valence-corrected chi connectivity index (χ3v) is 11.3. The predicted octanol–water partition coefficient (Wildman–Crippen LogP) is 17.1. The van der Waals surface area contributed by atoms with E-state index in [-0.39, 0.29) is 31.1 Å². The lowest BCUT2D eigenvalue weighted by Gasteiger charge is -2.18. The fraction of sp³-hybridized carbons (Fsp3) is 0.800. The summed E-state index contributed by atoms with van der Waals surface area (Å²) in [6.07, 6.45) is 59.4. The van der Waals surface area contributed by atoms with E-state index >= 15 is 0 Å². The minimum Gasteiger partial charge on any atom is -0.462 e. The number of carbonyl (C=O) groups excluding carboxylic acids is 3. The van der Waals surface area contributed by atoms with Crippen LogP contribution in [0.1, 0.15) is 265 Å². The fourth-order valence-electron chi connectivity index (χ4n) is 7.28. The van der Waals surface area contributed by atoms with Crippen LogP contribution >= 0.6 is 0 Å². The van der Waals surface area contributed by atoms with Crippen LogP contribution in [-0.2, 0) is 28.6 Å². The molecule has 0 unspecified atom stereocenters. The van der Waals surface area contributed by atoms with Crippen LogP contribution in [0.15, 0.2) is 48.6 Å². The monoisotopic (exact) mass is 855 g/mol. The Hall–Kier alpha value is -2.63. The number of hydrogen-bond donors (Lipinski definition) is 0. The first kappa shape index (κ1) is 58.4. The molecule has 354 valence electrons. The van der Waals surface area contributed by atoms with E-state index in [1.165, 1.54) is 128 Å². The molecule has 0 aliphatic carbocycles. The van der Waals surface area contributed by atoms with Crippen molar-refractivity contribution >= 4 is 17.9 Å². The molecule has 0 aromatic carbocycles. The summed E-state index contributed by atoms with van der Waals surface area (Å²) in [6.45, 7) is 6.58. The van der Waals surface area contributed by atoms with Gasteiger partial charge in [-0.3, -0.25) is 14.4 Å². The molecule has 61 heavy (non-hydrogen) atoms. The molecule has 0 aliphatic heterocycles. The van der Waals surface area contributed by atoms with Gasteiger partial charge in [0.2, 0.25) is 0 Å². The summed E-state index contributed by atoms with van der Waals surface area (Å²) in [5.74, 6) is -0.909. The van der Waals surface area contributed by atoms with E-state index in [9.17, 15) is 14.4 Å². The van der Waals surface area contributed by atoms with Crippen molar-refractivity contribution in [1.29, 1.82) is 0 Å². The molecule has 0 bridgehead atoms. The van der Waals surface area contributed by atoms with Gasteiger partial charge in [-0.25, -0.2) is 0 Å². The van der Waals surface area contributed by atoms with Gasteiger partial charge in [0.25, 0.3) is 0 Å². The first-order valence-corrected chi connectivity index (χ1v) is 26.1. The molecule has 0 radical (unpaired) electrons. The first-order chi connectivity index (χ1) is 30.0. The molecule has 0 amide bonds. The smallest absolute Gasteiger partial charge is 0.306 e. The van der Waals surface area contributed by atoms with Gasteiger partial charge in [0, 0.05) is 19.3 Å². The van der Waals surface area contributed by atoms with Crippen molar-refractivity contribution in [3.63, 3.8) is 0 Å². The first-order valence-electron chi connectivity index (χ1n) is 26.1. The highest BCUT2D eigenvalue weighted by Gasteiger charge is 2.19. The van der Waals surface area contributed by atoms with Gasteiger partial charge in [-0.1, -0.05) is 191 Å². The van der Waals surface area contributed by atoms with Gasteiger partial charge in [0.05, 0.1) is 0 Å². The summed E-state index contributed by atoms with van der Waals surface area (Å²) in [5, 5.41) is 0. The second kappa shape index (κ2) is 50.0. The Balaban J connectivity index is 4.42. The van der Waals surface area contributed by atoms with E-state index in [4.69, 9.17) is 14.2 Å². The molecule has 6 heteroatoms. The van der Waals surface area contributed by atoms with E-state index in [0.717, 1.165) is 96.3 Å². The highest BCUT2D eigenvalue weighted by atomic mass is 16.6. The van der Waals surface area contributed by atoms with Gasteiger partial charge in [-0.2, -0.15) is 0 Å². The second-order valence-electron chi connectivity index (χ2n) is 17.4. The van der Waals surface area contributed by atoms with Crippen LogP contribution in [0.4, 0.5) is 0 Å². The Labute approximate surface area is 378 Å². The maximum absolute atomic E-state index is 12.8. The molecule has 0 saturated heterocycles. The molecule has 0 heterocycles. The van der Waals surface area contributed by atoms with Crippen LogP contribution < -0.4 is 0 Å². The van der Waals surface area contributed by atoms with Crippen LogP contribution in [0.2, 0.25) is 0 Å². The van der Waals surface area contributed by atoms with Crippen LogP contribution in [0.5, 0.6) is 0 Å². The van der Waals surface area contributed by atoms with Gasteiger partial charge in [-0.15, -0.1) is 0 Å². The molecule has 0 aromatic heterocycles. The van der Waals surface area contributed by atoms with Crippen molar-refractivity contribution in [2.75, 3.05) is 13.2 Å². The van der Waals surface area contributed by atoms with Crippen molar-refractivity contribution in [2.45, 2.75) is 271 Å². The molecule has 0 fully saturated rings. The van der Waals surface area contributed by atoms with Crippen molar-refractivity contribution in [2.24, 2.45) is 0 Å². The van der Waals surface area contributed by atoms with Gasteiger partial charge in [0.15, 0.2) is 6.10 Å². The Morgan fingerprint density at radius 1 is 0.328 bits per heavy atom. The molecular weight excluding hydrogens is 757 g/mol. The Bertz CT molecular complexity index is 1070. The van der Waals surface area contributed by atoms with E-state index in [1.54, 1.807) is 0 Å². The zero-order valence-corrected chi connectivity index (χ0v) is 40.4. The van der Waals surface area contributed by atoms with E-state index in [2.05, 4.69) is 69.4 Å². The van der Waals surface area contributed by atoms with Crippen LogP contribution in [-0.4, -0.2) is 37.2 Å².